The summed E-state index contributed by atoms with van der Waals surface area (Å²) in [5, 5.41) is 8.50. The van der Waals surface area contributed by atoms with Gasteiger partial charge >= 0.3 is 5.97 Å². The third-order valence-corrected chi connectivity index (χ3v) is 3.72. The van der Waals surface area contributed by atoms with E-state index in [9.17, 15) is 13.2 Å². The Morgan fingerprint density at radius 3 is 2.68 bits per heavy atom. The molecule has 0 unspecified atom stereocenters. The van der Waals surface area contributed by atoms with E-state index >= 15 is 0 Å². The SMILES string of the molecule is COCCc1ccccc1NS(=O)(=O)CCC(=O)O. The van der Waals surface area contributed by atoms with Crippen molar-refractivity contribution in [3.63, 3.8) is 0 Å². The molecular formula is C12H17NO5S. The van der Waals surface area contributed by atoms with Gasteiger partial charge < -0.3 is 9.84 Å². The van der Waals surface area contributed by atoms with Crippen LogP contribution < -0.4 is 4.72 Å². The first-order valence-corrected chi connectivity index (χ1v) is 7.39. The first-order chi connectivity index (χ1) is 8.94. The quantitative estimate of drug-likeness (QED) is 0.746. The molecule has 0 aliphatic heterocycles. The summed E-state index contributed by atoms with van der Waals surface area (Å²) in [7, 11) is -2.08. The number of rotatable bonds is 8. The Labute approximate surface area is 112 Å². The largest absolute Gasteiger partial charge is 0.481 e. The van der Waals surface area contributed by atoms with Crippen LogP contribution >= 0.6 is 0 Å². The van der Waals surface area contributed by atoms with Gasteiger partial charge in [0.2, 0.25) is 10.0 Å². The van der Waals surface area contributed by atoms with Gasteiger partial charge in [0.25, 0.3) is 0 Å². The molecule has 0 amide bonds. The number of carboxylic acids is 1. The number of ether oxygens (including phenoxy) is 1. The first kappa shape index (κ1) is 15.5. The van der Waals surface area contributed by atoms with Gasteiger partial charge in [0.1, 0.15) is 0 Å². The summed E-state index contributed by atoms with van der Waals surface area (Å²) < 4.78 is 30.8. The number of aliphatic carboxylic acids is 1. The molecule has 1 rings (SSSR count). The lowest BCUT2D eigenvalue weighted by Gasteiger charge is -2.11. The van der Waals surface area contributed by atoms with Crippen LogP contribution in [0.25, 0.3) is 0 Å². The molecule has 0 spiro atoms. The average Bonchev–Trinajstić information content (AvgIpc) is 2.35. The van der Waals surface area contributed by atoms with E-state index in [0.717, 1.165) is 5.56 Å². The highest BCUT2D eigenvalue weighted by molar-refractivity contribution is 7.92. The predicted molar refractivity (Wildman–Crippen MR) is 71.7 cm³/mol. The fourth-order valence-electron chi connectivity index (χ4n) is 1.49. The van der Waals surface area contributed by atoms with E-state index in [1.807, 2.05) is 0 Å². The number of carboxylic acid groups (broad SMARTS) is 1. The highest BCUT2D eigenvalue weighted by Gasteiger charge is 2.14. The summed E-state index contributed by atoms with van der Waals surface area (Å²) in [6.07, 6.45) is 0.156. The van der Waals surface area contributed by atoms with Gasteiger partial charge in [-0.2, -0.15) is 0 Å². The van der Waals surface area contributed by atoms with Crippen LogP contribution in [0.15, 0.2) is 24.3 Å². The fraction of sp³-hybridized carbons (Fsp3) is 0.417. The smallest absolute Gasteiger partial charge is 0.304 e. The molecule has 0 aliphatic rings. The van der Waals surface area contributed by atoms with Crippen LogP contribution in [0.1, 0.15) is 12.0 Å². The molecule has 2 N–H and O–H groups in total. The maximum Gasteiger partial charge on any atom is 0.304 e. The Hall–Kier alpha value is -1.60. The van der Waals surface area contributed by atoms with Gasteiger partial charge in [-0.3, -0.25) is 9.52 Å². The Kier molecular flexibility index (Phi) is 5.78. The molecule has 0 fully saturated rings. The van der Waals surface area contributed by atoms with Crippen molar-refractivity contribution in [1.29, 1.82) is 0 Å². The van der Waals surface area contributed by atoms with Crippen LogP contribution in [-0.4, -0.2) is 39.0 Å². The molecule has 1 aromatic carbocycles. The summed E-state index contributed by atoms with van der Waals surface area (Å²) in [6, 6.07) is 6.96. The topological polar surface area (TPSA) is 92.7 Å². The molecule has 0 bridgehead atoms. The Bertz CT molecular complexity index is 527. The van der Waals surface area contributed by atoms with Gasteiger partial charge in [-0.25, -0.2) is 8.42 Å². The lowest BCUT2D eigenvalue weighted by atomic mass is 10.1. The van der Waals surface area contributed by atoms with Crippen LogP contribution in [0.3, 0.4) is 0 Å². The van der Waals surface area contributed by atoms with Crippen LogP contribution in [0.2, 0.25) is 0 Å². The van der Waals surface area contributed by atoms with E-state index in [2.05, 4.69) is 4.72 Å². The van der Waals surface area contributed by atoms with Crippen LogP contribution in [0.4, 0.5) is 5.69 Å². The standard InChI is InChI=1S/C12H17NO5S/c1-18-8-6-10-4-2-3-5-11(10)13-19(16,17)9-7-12(14)15/h2-5,13H,6-9H2,1H3,(H,14,15). The second kappa shape index (κ2) is 7.10. The van der Waals surface area contributed by atoms with Gasteiger partial charge in [0, 0.05) is 7.11 Å². The summed E-state index contributed by atoms with van der Waals surface area (Å²) in [4.78, 5) is 10.4. The molecule has 19 heavy (non-hydrogen) atoms. The fourth-order valence-corrected chi connectivity index (χ4v) is 2.57. The molecule has 6 nitrogen and oxygen atoms in total. The molecular weight excluding hydrogens is 270 g/mol. The zero-order chi connectivity index (χ0) is 14.3. The minimum absolute atomic E-state index is 0.421. The first-order valence-electron chi connectivity index (χ1n) is 5.74. The highest BCUT2D eigenvalue weighted by atomic mass is 32.2. The van der Waals surface area contributed by atoms with Crippen molar-refractivity contribution in [2.75, 3.05) is 24.2 Å². The van der Waals surface area contributed by atoms with Crippen molar-refractivity contribution in [2.24, 2.45) is 0 Å². The summed E-state index contributed by atoms with van der Waals surface area (Å²) in [6.45, 7) is 0.480. The highest BCUT2D eigenvalue weighted by Crippen LogP contribution is 2.17. The molecule has 106 valence electrons. The van der Waals surface area contributed by atoms with E-state index in [4.69, 9.17) is 9.84 Å². The van der Waals surface area contributed by atoms with Crippen molar-refractivity contribution >= 4 is 21.7 Å². The lowest BCUT2D eigenvalue weighted by molar-refractivity contribution is -0.136. The Morgan fingerprint density at radius 2 is 2.05 bits per heavy atom. The summed E-state index contributed by atoms with van der Waals surface area (Å²) >= 11 is 0. The summed E-state index contributed by atoms with van der Waals surface area (Å²) in [5.41, 5.74) is 1.27. The van der Waals surface area contributed by atoms with Crippen molar-refractivity contribution in [2.45, 2.75) is 12.8 Å². The van der Waals surface area contributed by atoms with Crippen molar-refractivity contribution in [3.8, 4) is 0 Å². The van der Waals surface area contributed by atoms with Gasteiger partial charge in [0.05, 0.1) is 24.5 Å². The second-order valence-electron chi connectivity index (χ2n) is 3.96. The van der Waals surface area contributed by atoms with Gasteiger partial charge in [-0.05, 0) is 18.1 Å². The number of methoxy groups -OCH3 is 1. The molecule has 1 aromatic rings. The third-order valence-electron chi connectivity index (χ3n) is 2.44. The molecule has 0 saturated heterocycles. The minimum atomic E-state index is -3.65. The zero-order valence-corrected chi connectivity index (χ0v) is 11.4. The maximum absolute atomic E-state index is 11.7. The van der Waals surface area contributed by atoms with E-state index in [1.54, 1.807) is 31.4 Å². The normalized spacial score (nSPS) is 11.2. The van der Waals surface area contributed by atoms with Gasteiger partial charge in [0.15, 0.2) is 0 Å². The van der Waals surface area contributed by atoms with Gasteiger partial charge in [-0.1, -0.05) is 18.2 Å². The van der Waals surface area contributed by atoms with E-state index in [-0.39, 0.29) is 0 Å². The van der Waals surface area contributed by atoms with Crippen molar-refractivity contribution in [3.05, 3.63) is 29.8 Å². The Balaban J connectivity index is 2.77. The number of benzene rings is 1. The molecule has 0 aromatic heterocycles. The average molecular weight is 287 g/mol. The molecule has 0 aliphatic carbocycles. The monoisotopic (exact) mass is 287 g/mol. The van der Waals surface area contributed by atoms with Crippen molar-refractivity contribution < 1.29 is 23.1 Å². The Morgan fingerprint density at radius 1 is 1.37 bits per heavy atom. The van der Waals surface area contributed by atoms with Crippen molar-refractivity contribution in [1.82, 2.24) is 0 Å². The van der Waals surface area contributed by atoms with Crippen LogP contribution in [0, 0.1) is 0 Å². The maximum atomic E-state index is 11.7. The zero-order valence-electron chi connectivity index (χ0n) is 10.6. The number of para-hydroxylation sites is 1. The second-order valence-corrected chi connectivity index (χ2v) is 5.81. The van der Waals surface area contributed by atoms with Crippen LogP contribution in [-0.2, 0) is 26.0 Å². The van der Waals surface area contributed by atoms with E-state index in [1.165, 1.54) is 0 Å². The molecule has 0 saturated carbocycles. The van der Waals surface area contributed by atoms with Gasteiger partial charge in [-0.15, -0.1) is 0 Å². The minimum Gasteiger partial charge on any atom is -0.481 e. The molecule has 0 radical (unpaired) electrons. The third kappa shape index (κ3) is 5.71. The molecule has 7 heteroatoms. The predicted octanol–water partition coefficient (Wildman–Crippen LogP) is 1.09. The van der Waals surface area contributed by atoms with Crippen LogP contribution in [0.5, 0.6) is 0 Å². The number of anilines is 1. The number of nitrogens with one attached hydrogen (secondary N) is 1. The van der Waals surface area contributed by atoms with E-state index in [0.29, 0.717) is 18.7 Å². The number of hydrogen-bond donors (Lipinski definition) is 2. The number of sulfonamides is 1. The summed E-state index contributed by atoms with van der Waals surface area (Å²) in [5.74, 6) is -1.58. The number of hydrogen-bond acceptors (Lipinski definition) is 4. The number of carbonyl (C=O) groups is 1. The lowest BCUT2D eigenvalue weighted by Crippen LogP contribution is -2.19. The molecule has 0 atom stereocenters. The molecule has 0 heterocycles. The van der Waals surface area contributed by atoms with E-state index < -0.39 is 28.2 Å².